The lowest BCUT2D eigenvalue weighted by Gasteiger charge is -2.18. The average molecular weight is 323 g/mol. The van der Waals surface area contributed by atoms with Gasteiger partial charge in [0.1, 0.15) is 6.54 Å². The Hall–Kier alpha value is -2.89. The normalized spacial score (nSPS) is 9.91. The summed E-state index contributed by atoms with van der Waals surface area (Å²) in [4.78, 5) is 41.5. The van der Waals surface area contributed by atoms with E-state index < -0.39 is 42.3 Å². The van der Waals surface area contributed by atoms with Crippen LogP contribution >= 0.6 is 0 Å². The largest absolute Gasteiger partial charge is 0.481 e. The zero-order chi connectivity index (χ0) is 18.1. The summed E-state index contributed by atoms with van der Waals surface area (Å²) in [5.41, 5.74) is 2.19. The van der Waals surface area contributed by atoms with Crippen LogP contribution in [0.2, 0.25) is 0 Å². The van der Waals surface area contributed by atoms with Crippen molar-refractivity contribution in [2.45, 2.75) is 18.4 Å². The molecule has 0 saturated heterocycles. The van der Waals surface area contributed by atoms with E-state index in [-0.39, 0.29) is 12.5 Å². The second kappa shape index (κ2) is 9.12. The standard InChI is InChI=1S/C6H8O7.C4H9N3O2/c7-3(8)1-6(13,5(11)12)2-4(9)10;1-7(4(5)6)2-3(8)9/h13H,1-2H2,(H,7,8)(H,9,10)(H,11,12);2H2,1H3,(H3,5,6)(H,8,9). The van der Waals surface area contributed by atoms with Gasteiger partial charge in [-0.15, -0.1) is 0 Å². The minimum absolute atomic E-state index is 0.227. The molecule has 12 nitrogen and oxygen atoms in total. The van der Waals surface area contributed by atoms with E-state index in [2.05, 4.69) is 0 Å². The zero-order valence-electron chi connectivity index (χ0n) is 11.5. The lowest BCUT2D eigenvalue weighted by atomic mass is 9.96. The van der Waals surface area contributed by atoms with Crippen molar-refractivity contribution >= 4 is 29.8 Å². The van der Waals surface area contributed by atoms with Gasteiger partial charge in [-0.25, -0.2) is 4.79 Å². The molecular formula is C10H17N3O9. The summed E-state index contributed by atoms with van der Waals surface area (Å²) in [5, 5.41) is 48.7. The van der Waals surface area contributed by atoms with Crippen molar-refractivity contribution in [1.82, 2.24) is 4.90 Å². The van der Waals surface area contributed by atoms with Crippen LogP contribution in [0.5, 0.6) is 0 Å². The van der Waals surface area contributed by atoms with E-state index in [9.17, 15) is 19.2 Å². The number of guanidine groups is 1. The smallest absolute Gasteiger partial charge is 0.336 e. The second-order valence-electron chi connectivity index (χ2n) is 4.11. The number of carboxylic acid groups (broad SMARTS) is 4. The fraction of sp³-hybridized carbons (Fsp3) is 0.500. The van der Waals surface area contributed by atoms with Crippen LogP contribution < -0.4 is 5.73 Å². The van der Waals surface area contributed by atoms with Crippen LogP contribution in [0.4, 0.5) is 0 Å². The number of aliphatic carboxylic acids is 4. The molecule has 0 aromatic heterocycles. The predicted octanol–water partition coefficient (Wildman–Crippen LogP) is -2.35. The van der Waals surface area contributed by atoms with Crippen molar-refractivity contribution in [3.8, 4) is 0 Å². The Kier molecular flexibility index (Phi) is 8.88. The molecule has 0 aromatic carbocycles. The number of likely N-dealkylation sites (N-methyl/N-ethyl adjacent to an activating group) is 1. The van der Waals surface area contributed by atoms with E-state index in [1.165, 1.54) is 7.05 Å². The minimum Gasteiger partial charge on any atom is -0.481 e. The fourth-order valence-corrected chi connectivity index (χ4v) is 1.00. The molecule has 0 spiro atoms. The summed E-state index contributed by atoms with van der Waals surface area (Å²) < 4.78 is 0. The molecular weight excluding hydrogens is 306 g/mol. The third-order valence-electron chi connectivity index (χ3n) is 2.07. The van der Waals surface area contributed by atoms with Gasteiger partial charge in [0, 0.05) is 7.05 Å². The monoisotopic (exact) mass is 323 g/mol. The summed E-state index contributed by atoms with van der Waals surface area (Å²) in [7, 11) is 1.44. The maximum absolute atomic E-state index is 10.3. The van der Waals surface area contributed by atoms with Crippen LogP contribution in [0.3, 0.4) is 0 Å². The van der Waals surface area contributed by atoms with Crippen LogP contribution in [0.25, 0.3) is 0 Å². The van der Waals surface area contributed by atoms with Gasteiger partial charge in [-0.05, 0) is 0 Å². The summed E-state index contributed by atoms with van der Waals surface area (Å²) in [5.74, 6) is -6.25. The van der Waals surface area contributed by atoms with Crippen LogP contribution in [0, 0.1) is 5.41 Å². The lowest BCUT2D eigenvalue weighted by Crippen LogP contribution is -2.42. The summed E-state index contributed by atoms with van der Waals surface area (Å²) >= 11 is 0. The highest BCUT2D eigenvalue weighted by molar-refractivity contribution is 5.88. The molecule has 0 heterocycles. The van der Waals surface area contributed by atoms with E-state index in [1.807, 2.05) is 0 Å². The topological polar surface area (TPSA) is 223 Å². The van der Waals surface area contributed by atoms with Crippen molar-refractivity contribution in [2.75, 3.05) is 13.6 Å². The molecule has 0 atom stereocenters. The predicted molar refractivity (Wildman–Crippen MR) is 69.3 cm³/mol. The molecule has 0 aromatic rings. The van der Waals surface area contributed by atoms with E-state index in [0.717, 1.165) is 4.90 Å². The Morgan fingerprint density at radius 3 is 1.50 bits per heavy atom. The molecule has 0 bridgehead atoms. The molecule has 0 amide bonds. The van der Waals surface area contributed by atoms with Crippen molar-refractivity contribution in [2.24, 2.45) is 5.73 Å². The Bertz CT molecular complexity index is 447. The quantitative estimate of drug-likeness (QED) is 0.194. The summed E-state index contributed by atoms with van der Waals surface area (Å²) in [6.07, 6.45) is -2.29. The molecule has 0 aliphatic carbocycles. The number of aliphatic hydroxyl groups is 1. The molecule has 0 saturated carbocycles. The maximum atomic E-state index is 10.3. The zero-order valence-corrected chi connectivity index (χ0v) is 11.5. The number of nitrogens with zero attached hydrogens (tertiary/aromatic N) is 1. The Balaban J connectivity index is 0. The van der Waals surface area contributed by atoms with Crippen LogP contribution in [0.1, 0.15) is 12.8 Å². The van der Waals surface area contributed by atoms with Crippen molar-refractivity contribution in [1.29, 1.82) is 5.41 Å². The van der Waals surface area contributed by atoms with E-state index in [1.54, 1.807) is 0 Å². The highest BCUT2D eigenvalue weighted by atomic mass is 16.4. The SMILES string of the molecule is CN(CC(=O)O)C(=N)N.O=C(O)CC(O)(CC(=O)O)C(=O)O. The number of carboxylic acids is 4. The first-order valence-corrected chi connectivity index (χ1v) is 5.48. The van der Waals surface area contributed by atoms with Gasteiger partial charge in [0.15, 0.2) is 11.6 Å². The number of hydrogen-bond acceptors (Lipinski definition) is 6. The van der Waals surface area contributed by atoms with Crippen molar-refractivity contribution in [3.05, 3.63) is 0 Å². The molecule has 0 rings (SSSR count). The third-order valence-corrected chi connectivity index (χ3v) is 2.07. The van der Waals surface area contributed by atoms with Crippen LogP contribution in [-0.4, -0.2) is 79.5 Å². The van der Waals surface area contributed by atoms with Gasteiger partial charge in [0.25, 0.3) is 0 Å². The number of rotatable bonds is 7. The molecule has 0 aliphatic rings. The number of carbonyl (C=O) groups is 4. The first kappa shape index (κ1) is 21.4. The first-order chi connectivity index (χ1) is 9.81. The van der Waals surface area contributed by atoms with Gasteiger partial charge in [-0.1, -0.05) is 0 Å². The van der Waals surface area contributed by atoms with Gasteiger partial charge in [-0.3, -0.25) is 19.8 Å². The fourth-order valence-electron chi connectivity index (χ4n) is 1.00. The molecule has 0 radical (unpaired) electrons. The Morgan fingerprint density at radius 2 is 1.36 bits per heavy atom. The highest BCUT2D eigenvalue weighted by Gasteiger charge is 2.40. The van der Waals surface area contributed by atoms with Gasteiger partial charge in [0.05, 0.1) is 12.8 Å². The van der Waals surface area contributed by atoms with E-state index >= 15 is 0 Å². The second-order valence-corrected chi connectivity index (χ2v) is 4.11. The lowest BCUT2D eigenvalue weighted by molar-refractivity contribution is -0.170. The van der Waals surface area contributed by atoms with E-state index in [4.69, 9.17) is 36.7 Å². The molecule has 126 valence electrons. The molecule has 0 unspecified atom stereocenters. The van der Waals surface area contributed by atoms with Crippen molar-refractivity contribution < 1.29 is 44.7 Å². The van der Waals surface area contributed by atoms with Crippen LogP contribution in [-0.2, 0) is 19.2 Å². The van der Waals surface area contributed by atoms with Crippen molar-refractivity contribution in [3.63, 3.8) is 0 Å². The number of hydrogen-bond donors (Lipinski definition) is 7. The summed E-state index contributed by atoms with van der Waals surface area (Å²) in [6.45, 7) is -0.227. The molecule has 0 fully saturated rings. The highest BCUT2D eigenvalue weighted by Crippen LogP contribution is 2.15. The molecule has 0 aliphatic heterocycles. The molecule has 22 heavy (non-hydrogen) atoms. The molecule has 12 heteroatoms. The van der Waals surface area contributed by atoms with Gasteiger partial charge in [-0.2, -0.15) is 0 Å². The Labute approximate surface area is 123 Å². The first-order valence-electron chi connectivity index (χ1n) is 5.48. The summed E-state index contributed by atoms with van der Waals surface area (Å²) in [6, 6.07) is 0. The third kappa shape index (κ3) is 9.96. The molecule has 8 N–H and O–H groups in total. The number of nitrogens with two attached hydrogens (primary N) is 1. The van der Waals surface area contributed by atoms with E-state index in [0.29, 0.717) is 0 Å². The average Bonchev–Trinajstić information content (AvgIpc) is 2.25. The minimum atomic E-state index is -2.74. The van der Waals surface area contributed by atoms with Gasteiger partial charge in [0.2, 0.25) is 0 Å². The van der Waals surface area contributed by atoms with Crippen LogP contribution in [0.15, 0.2) is 0 Å². The Morgan fingerprint density at radius 1 is 1.00 bits per heavy atom. The van der Waals surface area contributed by atoms with Gasteiger partial charge >= 0.3 is 23.9 Å². The number of nitrogens with one attached hydrogen (secondary N) is 1. The maximum Gasteiger partial charge on any atom is 0.336 e. The van der Waals surface area contributed by atoms with Gasteiger partial charge < -0.3 is 36.2 Å².